The van der Waals surface area contributed by atoms with E-state index in [1.165, 1.54) is 5.46 Å². The fourth-order valence-corrected chi connectivity index (χ4v) is 1.82. The lowest BCUT2D eigenvalue weighted by Crippen LogP contribution is -2.38. The topological polar surface area (TPSA) is 40.5 Å². The van der Waals surface area contributed by atoms with Gasteiger partial charge in [-0.25, -0.2) is 0 Å². The van der Waals surface area contributed by atoms with Gasteiger partial charge in [0.2, 0.25) is 0 Å². The average molecular weight is 218 g/mol. The van der Waals surface area contributed by atoms with Crippen LogP contribution in [0, 0.1) is 6.92 Å². The zero-order valence-electron chi connectivity index (χ0n) is 10.6. The van der Waals surface area contributed by atoms with Crippen LogP contribution in [0.5, 0.6) is 0 Å². The molecule has 1 aromatic rings. The predicted molar refractivity (Wildman–Crippen MR) is 72.1 cm³/mol. The highest BCUT2D eigenvalue weighted by atomic mass is 16.4. The second-order valence-electron chi connectivity index (χ2n) is 5.20. The van der Waals surface area contributed by atoms with Gasteiger partial charge in [0.25, 0.3) is 0 Å². The van der Waals surface area contributed by atoms with Crippen LogP contribution in [0.2, 0.25) is 5.31 Å². The zero-order valence-corrected chi connectivity index (χ0v) is 10.6. The van der Waals surface area contributed by atoms with Gasteiger partial charge in [-0.2, -0.15) is 0 Å². The van der Waals surface area contributed by atoms with Gasteiger partial charge in [0.15, 0.2) is 7.28 Å². The molecule has 0 atom stereocenters. The number of hydrogen-bond donors (Lipinski definition) is 2. The molecule has 0 radical (unpaired) electrons. The number of rotatable bonds is 4. The summed E-state index contributed by atoms with van der Waals surface area (Å²) < 4.78 is 0. The molecule has 0 heterocycles. The summed E-state index contributed by atoms with van der Waals surface area (Å²) in [5.41, 5.74) is 2.82. The molecule has 86 valence electrons. The SMILES string of the molecule is CCC(C)(C)Bc1cccc(B(O)O)c1C. The first-order chi connectivity index (χ1) is 7.37. The van der Waals surface area contributed by atoms with Crippen LogP contribution < -0.4 is 10.9 Å². The molecule has 2 N–H and O–H groups in total. The Balaban J connectivity index is 3.02. The fraction of sp³-hybridized carbons (Fsp3) is 0.500. The molecule has 0 aliphatic carbocycles. The lowest BCUT2D eigenvalue weighted by atomic mass is 9.48. The lowest BCUT2D eigenvalue weighted by molar-refractivity contribution is 0.425. The van der Waals surface area contributed by atoms with Crippen molar-refractivity contribution < 1.29 is 10.0 Å². The molecule has 1 aromatic carbocycles. The van der Waals surface area contributed by atoms with Gasteiger partial charge in [-0.15, -0.1) is 0 Å². The molecular weight excluding hydrogens is 198 g/mol. The largest absolute Gasteiger partial charge is 0.488 e. The Labute approximate surface area is 99.1 Å². The molecule has 1 rings (SSSR count). The van der Waals surface area contributed by atoms with Crippen LogP contribution in [-0.4, -0.2) is 24.4 Å². The summed E-state index contributed by atoms with van der Waals surface area (Å²) in [6, 6.07) is 5.73. The van der Waals surface area contributed by atoms with Crippen molar-refractivity contribution >= 4 is 25.3 Å². The Kier molecular flexibility index (Phi) is 4.22. The molecule has 0 amide bonds. The van der Waals surface area contributed by atoms with E-state index in [0.29, 0.717) is 5.46 Å². The predicted octanol–water partition coefficient (Wildman–Crippen LogP) is 0.345. The van der Waals surface area contributed by atoms with Crippen molar-refractivity contribution in [2.75, 3.05) is 0 Å². The summed E-state index contributed by atoms with van der Waals surface area (Å²) in [7, 11) is -0.403. The van der Waals surface area contributed by atoms with Crippen molar-refractivity contribution in [3.63, 3.8) is 0 Å². The minimum absolute atomic E-state index is 0.254. The van der Waals surface area contributed by atoms with Crippen molar-refractivity contribution in [3.05, 3.63) is 23.8 Å². The maximum atomic E-state index is 9.24. The van der Waals surface area contributed by atoms with Crippen LogP contribution in [0.1, 0.15) is 32.8 Å². The van der Waals surface area contributed by atoms with Crippen LogP contribution >= 0.6 is 0 Å². The first-order valence-corrected chi connectivity index (χ1v) is 5.82. The van der Waals surface area contributed by atoms with Crippen LogP contribution in [-0.2, 0) is 0 Å². The second-order valence-corrected chi connectivity index (χ2v) is 5.20. The molecule has 0 aromatic heterocycles. The van der Waals surface area contributed by atoms with Gasteiger partial charge in [-0.3, -0.25) is 0 Å². The summed E-state index contributed by atoms with van der Waals surface area (Å²) in [5.74, 6) is 0. The van der Waals surface area contributed by atoms with Crippen molar-refractivity contribution in [3.8, 4) is 0 Å². The molecule has 4 heteroatoms. The van der Waals surface area contributed by atoms with Gasteiger partial charge >= 0.3 is 7.12 Å². The van der Waals surface area contributed by atoms with Gasteiger partial charge in [0.1, 0.15) is 0 Å². The van der Waals surface area contributed by atoms with Gasteiger partial charge in [0, 0.05) is 0 Å². The minimum Gasteiger partial charge on any atom is -0.423 e. The van der Waals surface area contributed by atoms with E-state index in [2.05, 4.69) is 26.8 Å². The summed E-state index contributed by atoms with van der Waals surface area (Å²) in [5, 5.41) is 18.7. The smallest absolute Gasteiger partial charge is 0.423 e. The Hall–Kier alpha value is -0.730. The summed E-state index contributed by atoms with van der Waals surface area (Å²) in [6.07, 6.45) is 1.11. The maximum Gasteiger partial charge on any atom is 0.488 e. The third-order valence-corrected chi connectivity index (χ3v) is 3.39. The van der Waals surface area contributed by atoms with Gasteiger partial charge in [-0.1, -0.05) is 61.7 Å². The third-order valence-electron chi connectivity index (χ3n) is 3.39. The van der Waals surface area contributed by atoms with Crippen molar-refractivity contribution in [2.45, 2.75) is 39.4 Å². The summed E-state index contributed by atoms with van der Waals surface area (Å²) in [4.78, 5) is 0. The summed E-state index contributed by atoms with van der Waals surface area (Å²) >= 11 is 0. The van der Waals surface area contributed by atoms with Gasteiger partial charge in [0.05, 0.1) is 0 Å². The van der Waals surface area contributed by atoms with E-state index in [-0.39, 0.29) is 5.31 Å². The van der Waals surface area contributed by atoms with Crippen molar-refractivity contribution in [2.24, 2.45) is 0 Å². The molecule has 0 spiro atoms. The first-order valence-electron chi connectivity index (χ1n) is 5.82. The molecular formula is C12H20B2O2. The Bertz CT molecular complexity index is 362. The first kappa shape index (κ1) is 13.3. The Morgan fingerprint density at radius 2 is 1.94 bits per heavy atom. The highest BCUT2D eigenvalue weighted by Crippen LogP contribution is 2.26. The molecule has 16 heavy (non-hydrogen) atoms. The third kappa shape index (κ3) is 3.13. The Morgan fingerprint density at radius 3 is 2.44 bits per heavy atom. The molecule has 0 fully saturated rings. The molecule has 2 nitrogen and oxygen atoms in total. The average Bonchev–Trinajstić information content (AvgIpc) is 2.20. The van der Waals surface area contributed by atoms with E-state index in [9.17, 15) is 10.0 Å². The zero-order chi connectivity index (χ0) is 12.3. The number of hydrogen-bond acceptors (Lipinski definition) is 2. The van der Waals surface area contributed by atoms with E-state index >= 15 is 0 Å². The van der Waals surface area contributed by atoms with Crippen molar-refractivity contribution in [1.29, 1.82) is 0 Å². The molecule has 0 aliphatic rings. The fourth-order valence-electron chi connectivity index (χ4n) is 1.82. The minimum atomic E-state index is -1.37. The molecule has 0 saturated carbocycles. The summed E-state index contributed by atoms with van der Waals surface area (Å²) in [6.45, 7) is 8.60. The van der Waals surface area contributed by atoms with E-state index in [1.807, 2.05) is 13.0 Å². The van der Waals surface area contributed by atoms with E-state index in [1.54, 1.807) is 6.07 Å². The van der Waals surface area contributed by atoms with Gasteiger partial charge in [-0.05, 0) is 12.4 Å². The second kappa shape index (κ2) is 5.07. The highest BCUT2D eigenvalue weighted by molar-refractivity contribution is 6.62. The maximum absolute atomic E-state index is 9.24. The van der Waals surface area contributed by atoms with E-state index in [4.69, 9.17) is 0 Å². The molecule has 0 saturated heterocycles. The van der Waals surface area contributed by atoms with E-state index < -0.39 is 7.12 Å². The van der Waals surface area contributed by atoms with Crippen LogP contribution in [0.15, 0.2) is 18.2 Å². The molecule has 0 bridgehead atoms. The van der Waals surface area contributed by atoms with E-state index in [0.717, 1.165) is 19.3 Å². The Morgan fingerprint density at radius 1 is 1.31 bits per heavy atom. The molecule has 0 aliphatic heterocycles. The van der Waals surface area contributed by atoms with Crippen molar-refractivity contribution in [1.82, 2.24) is 0 Å². The highest BCUT2D eigenvalue weighted by Gasteiger charge is 2.21. The van der Waals surface area contributed by atoms with Crippen LogP contribution in [0.3, 0.4) is 0 Å². The van der Waals surface area contributed by atoms with Crippen LogP contribution in [0.25, 0.3) is 0 Å². The number of benzene rings is 1. The van der Waals surface area contributed by atoms with Gasteiger partial charge < -0.3 is 10.0 Å². The standard InChI is InChI=1S/C12H20B2O2/c1-5-12(3,4)13-10-7-6-8-11(9(10)2)14(15)16/h6-8,13,15-16H,5H2,1-4H3. The monoisotopic (exact) mass is 218 g/mol. The quantitative estimate of drug-likeness (QED) is 0.715. The van der Waals surface area contributed by atoms with Crippen LogP contribution in [0.4, 0.5) is 0 Å². The lowest BCUT2D eigenvalue weighted by Gasteiger charge is -2.23. The normalized spacial score (nSPS) is 11.4. The molecule has 0 unspecified atom stereocenters.